The van der Waals surface area contributed by atoms with Crippen molar-refractivity contribution >= 4 is 27.0 Å². The molecule has 8 heteroatoms. The number of rotatable bonds is 6. The second-order valence-corrected chi connectivity index (χ2v) is 7.10. The van der Waals surface area contributed by atoms with Crippen LogP contribution in [-0.4, -0.2) is 15.0 Å². The molecule has 2 aromatic rings. The third-order valence-corrected chi connectivity index (χ3v) is 5.50. The van der Waals surface area contributed by atoms with E-state index in [1.807, 2.05) is 6.92 Å². The molecular weight excluding hydrogens is 318 g/mol. The minimum atomic E-state index is -3.87. The molecule has 0 saturated carbocycles. The van der Waals surface area contributed by atoms with Crippen molar-refractivity contribution < 1.29 is 17.2 Å². The van der Waals surface area contributed by atoms with Crippen LogP contribution in [0.25, 0.3) is 0 Å². The Morgan fingerprint density at radius 1 is 1.24 bits per heavy atom. The smallest absolute Gasteiger partial charge is 0.271 e. The minimum Gasteiger partial charge on any atom is -0.313 e. The van der Waals surface area contributed by atoms with Crippen molar-refractivity contribution in [3.8, 4) is 0 Å². The van der Waals surface area contributed by atoms with E-state index in [4.69, 9.17) is 0 Å². The van der Waals surface area contributed by atoms with E-state index in [0.29, 0.717) is 12.6 Å². The highest BCUT2D eigenvalue weighted by molar-refractivity contribution is 7.94. The fourth-order valence-corrected chi connectivity index (χ4v) is 3.90. The van der Waals surface area contributed by atoms with E-state index in [9.17, 15) is 17.2 Å². The first-order chi connectivity index (χ1) is 9.92. The summed E-state index contributed by atoms with van der Waals surface area (Å²) < 4.78 is 52.8. The minimum absolute atomic E-state index is 0.0825. The Morgan fingerprint density at radius 2 is 2.00 bits per heavy atom. The predicted molar refractivity (Wildman–Crippen MR) is 78.9 cm³/mol. The Hall–Kier alpha value is -1.51. The van der Waals surface area contributed by atoms with Crippen molar-refractivity contribution in [2.45, 2.75) is 17.7 Å². The van der Waals surface area contributed by atoms with Gasteiger partial charge in [0.05, 0.1) is 5.69 Å². The fraction of sp³-hybridized carbons (Fsp3) is 0.231. The maximum atomic E-state index is 13.5. The van der Waals surface area contributed by atoms with Crippen LogP contribution >= 0.6 is 11.3 Å². The first-order valence-corrected chi connectivity index (χ1v) is 8.54. The second-order valence-electron chi connectivity index (χ2n) is 4.28. The molecule has 0 amide bonds. The second kappa shape index (κ2) is 6.50. The summed E-state index contributed by atoms with van der Waals surface area (Å²) in [7, 11) is -3.87. The number of hydrogen-bond acceptors (Lipinski definition) is 4. The van der Waals surface area contributed by atoms with E-state index < -0.39 is 21.7 Å². The Balaban J connectivity index is 2.19. The van der Waals surface area contributed by atoms with Crippen LogP contribution in [0.3, 0.4) is 0 Å². The van der Waals surface area contributed by atoms with Crippen LogP contribution in [0.5, 0.6) is 0 Å². The average Bonchev–Trinajstić information content (AvgIpc) is 2.89. The van der Waals surface area contributed by atoms with Gasteiger partial charge in [0, 0.05) is 12.6 Å². The molecule has 21 heavy (non-hydrogen) atoms. The normalized spacial score (nSPS) is 11.6. The third kappa shape index (κ3) is 3.99. The molecule has 0 spiro atoms. The molecule has 0 radical (unpaired) electrons. The lowest BCUT2D eigenvalue weighted by Crippen LogP contribution is -2.13. The number of benzene rings is 1. The molecule has 0 saturated heterocycles. The monoisotopic (exact) mass is 332 g/mol. The molecule has 1 aromatic carbocycles. The molecule has 0 unspecified atom stereocenters. The van der Waals surface area contributed by atoms with Gasteiger partial charge in [0.25, 0.3) is 10.0 Å². The van der Waals surface area contributed by atoms with E-state index in [1.54, 1.807) is 5.38 Å². The highest BCUT2D eigenvalue weighted by Crippen LogP contribution is 2.24. The Morgan fingerprint density at radius 3 is 2.67 bits per heavy atom. The summed E-state index contributed by atoms with van der Waals surface area (Å²) in [5, 5.41) is 4.80. The first kappa shape index (κ1) is 15.9. The van der Waals surface area contributed by atoms with Gasteiger partial charge in [-0.1, -0.05) is 6.92 Å². The van der Waals surface area contributed by atoms with Gasteiger partial charge in [-0.3, -0.25) is 4.72 Å². The van der Waals surface area contributed by atoms with Crippen molar-refractivity contribution in [3.63, 3.8) is 0 Å². The third-order valence-electron chi connectivity index (χ3n) is 2.65. The largest absolute Gasteiger partial charge is 0.313 e. The van der Waals surface area contributed by atoms with Gasteiger partial charge >= 0.3 is 0 Å². The molecule has 1 aromatic heterocycles. The number of thiophene rings is 1. The molecule has 0 aliphatic heterocycles. The van der Waals surface area contributed by atoms with Crippen LogP contribution in [0, 0.1) is 11.6 Å². The number of nitrogens with one attached hydrogen (secondary N) is 2. The van der Waals surface area contributed by atoms with E-state index in [1.165, 1.54) is 6.07 Å². The van der Waals surface area contributed by atoms with Crippen LogP contribution in [-0.2, 0) is 16.6 Å². The van der Waals surface area contributed by atoms with Gasteiger partial charge in [-0.2, -0.15) is 0 Å². The highest BCUT2D eigenvalue weighted by Gasteiger charge is 2.18. The van der Waals surface area contributed by atoms with Crippen LogP contribution < -0.4 is 10.0 Å². The SMILES string of the molecule is CCNCc1csc(S(=O)(=O)Nc2ccc(F)cc2F)c1. The van der Waals surface area contributed by atoms with Crippen LogP contribution in [0.1, 0.15) is 12.5 Å². The lowest BCUT2D eigenvalue weighted by molar-refractivity contribution is 0.583. The summed E-state index contributed by atoms with van der Waals surface area (Å²) >= 11 is 1.05. The van der Waals surface area contributed by atoms with Crippen molar-refractivity contribution in [2.24, 2.45) is 0 Å². The molecule has 0 aliphatic rings. The Kier molecular flexibility index (Phi) is 4.92. The molecule has 114 valence electrons. The maximum absolute atomic E-state index is 13.5. The topological polar surface area (TPSA) is 58.2 Å². The highest BCUT2D eigenvalue weighted by atomic mass is 32.2. The molecule has 1 heterocycles. The zero-order valence-electron chi connectivity index (χ0n) is 11.2. The molecule has 0 fully saturated rings. The lowest BCUT2D eigenvalue weighted by Gasteiger charge is -2.07. The van der Waals surface area contributed by atoms with Crippen molar-refractivity contribution in [3.05, 3.63) is 46.8 Å². The molecule has 2 rings (SSSR count). The predicted octanol–water partition coefficient (Wildman–Crippen LogP) is 2.94. The van der Waals surface area contributed by atoms with Gasteiger partial charge < -0.3 is 5.32 Å². The van der Waals surface area contributed by atoms with Crippen LogP contribution in [0.4, 0.5) is 14.5 Å². The zero-order valence-corrected chi connectivity index (χ0v) is 12.8. The molecule has 4 nitrogen and oxygen atoms in total. The average molecular weight is 332 g/mol. The number of hydrogen-bond donors (Lipinski definition) is 2. The van der Waals surface area contributed by atoms with Gasteiger partial charge in [-0.05, 0) is 35.7 Å². The molecule has 2 N–H and O–H groups in total. The summed E-state index contributed by atoms with van der Waals surface area (Å²) in [5.41, 5.74) is 0.555. The van der Waals surface area contributed by atoms with Gasteiger partial charge in [0.2, 0.25) is 0 Å². The Labute approximate surface area is 125 Å². The van der Waals surface area contributed by atoms with Crippen LogP contribution in [0.15, 0.2) is 33.9 Å². The molecule has 0 aliphatic carbocycles. The summed E-state index contributed by atoms with van der Waals surface area (Å²) in [6, 6.07) is 4.20. The van der Waals surface area contributed by atoms with Crippen molar-refractivity contribution in [1.82, 2.24) is 5.32 Å². The van der Waals surface area contributed by atoms with Crippen molar-refractivity contribution in [1.29, 1.82) is 0 Å². The maximum Gasteiger partial charge on any atom is 0.271 e. The Bertz CT molecular complexity index is 730. The van der Waals surface area contributed by atoms with E-state index in [0.717, 1.165) is 35.6 Å². The van der Waals surface area contributed by atoms with Gasteiger partial charge in [0.1, 0.15) is 15.8 Å². The quantitative estimate of drug-likeness (QED) is 0.855. The number of anilines is 1. The molecule has 0 bridgehead atoms. The molecular formula is C13H14F2N2O2S2. The summed E-state index contributed by atoms with van der Waals surface area (Å²) in [5.74, 6) is -1.72. The van der Waals surface area contributed by atoms with Crippen LogP contribution in [0.2, 0.25) is 0 Å². The van der Waals surface area contributed by atoms with Crippen molar-refractivity contribution in [2.75, 3.05) is 11.3 Å². The summed E-state index contributed by atoms with van der Waals surface area (Å²) in [6.07, 6.45) is 0. The standard InChI is InChI=1S/C13H14F2N2O2S2/c1-2-16-7-9-5-13(20-8-9)21(18,19)17-12-4-3-10(14)6-11(12)15/h3-6,8,16-17H,2,7H2,1H3. The lowest BCUT2D eigenvalue weighted by atomic mass is 10.3. The van der Waals surface area contributed by atoms with Gasteiger partial charge in [-0.15, -0.1) is 11.3 Å². The number of sulfonamides is 1. The first-order valence-electron chi connectivity index (χ1n) is 6.18. The molecule has 0 atom stereocenters. The summed E-state index contributed by atoms with van der Waals surface area (Å²) in [4.78, 5) is 0. The van der Waals surface area contributed by atoms with Gasteiger partial charge in [0.15, 0.2) is 0 Å². The summed E-state index contributed by atoms with van der Waals surface area (Å²) in [6.45, 7) is 3.29. The fourth-order valence-electron chi connectivity index (χ4n) is 1.62. The van der Waals surface area contributed by atoms with E-state index in [2.05, 4.69) is 10.0 Å². The number of halogens is 2. The van der Waals surface area contributed by atoms with E-state index in [-0.39, 0.29) is 9.90 Å². The zero-order chi connectivity index (χ0) is 15.5. The van der Waals surface area contributed by atoms with E-state index >= 15 is 0 Å². The van der Waals surface area contributed by atoms with Gasteiger partial charge in [-0.25, -0.2) is 17.2 Å².